The molecule has 6 nitrogen and oxygen atoms in total. The molecule has 3 heterocycles. The van der Waals surface area contributed by atoms with E-state index in [0.29, 0.717) is 51.5 Å². The van der Waals surface area contributed by atoms with Gasteiger partial charge in [-0.15, -0.1) is 0 Å². The molecule has 0 atom stereocenters. The Kier molecular flexibility index (Phi) is 5.87. The summed E-state index contributed by atoms with van der Waals surface area (Å²) in [5, 5.41) is 3.39. The summed E-state index contributed by atoms with van der Waals surface area (Å²) in [7, 11) is 0. The van der Waals surface area contributed by atoms with Crippen molar-refractivity contribution in [3.8, 4) is 0 Å². The van der Waals surface area contributed by atoms with Crippen molar-refractivity contribution in [2.45, 2.75) is 19.9 Å². The number of hydrogen-bond donors (Lipinski definition) is 1. The van der Waals surface area contributed by atoms with E-state index >= 15 is 0 Å². The highest BCUT2D eigenvalue weighted by Gasteiger charge is 2.25. The van der Waals surface area contributed by atoms with Crippen LogP contribution in [-0.2, 0) is 17.7 Å². The number of aryl methyl sites for hydroxylation is 1. The summed E-state index contributed by atoms with van der Waals surface area (Å²) in [6, 6.07) is 10.6. The fourth-order valence-corrected chi connectivity index (χ4v) is 3.64. The maximum Gasteiger partial charge on any atom is 0.274 e. The van der Waals surface area contributed by atoms with E-state index in [1.807, 2.05) is 35.7 Å². The van der Waals surface area contributed by atoms with Gasteiger partial charge in [0.05, 0.1) is 18.9 Å². The fourth-order valence-electron chi connectivity index (χ4n) is 3.64. The van der Waals surface area contributed by atoms with Gasteiger partial charge >= 0.3 is 0 Å². The molecule has 1 fully saturated rings. The zero-order valence-electron chi connectivity index (χ0n) is 16.5. The molecule has 0 radical (unpaired) electrons. The van der Waals surface area contributed by atoms with Crippen LogP contribution < -0.4 is 5.32 Å². The first kappa shape index (κ1) is 19.5. The van der Waals surface area contributed by atoms with Crippen molar-refractivity contribution >= 4 is 11.6 Å². The molecule has 4 rings (SSSR count). The number of benzene rings is 1. The maximum absolute atomic E-state index is 13.3. The first-order valence-electron chi connectivity index (χ1n) is 9.92. The van der Waals surface area contributed by atoms with Crippen LogP contribution in [0.4, 0.5) is 4.39 Å². The van der Waals surface area contributed by atoms with Crippen molar-refractivity contribution in [2.24, 2.45) is 0 Å². The smallest absolute Gasteiger partial charge is 0.274 e. The SMILES string of the molecule is Cc1cccn2c(CNCCc3cccc(F)c3)c(C(=O)N3CCOCC3)nc12. The minimum absolute atomic E-state index is 0.0571. The lowest BCUT2D eigenvalue weighted by Crippen LogP contribution is -2.41. The molecule has 152 valence electrons. The molecule has 0 saturated carbocycles. The van der Waals surface area contributed by atoms with Gasteiger partial charge in [-0.05, 0) is 49.2 Å². The molecule has 2 aromatic heterocycles. The summed E-state index contributed by atoms with van der Waals surface area (Å²) in [6.07, 6.45) is 2.65. The molecule has 0 aliphatic carbocycles. The molecule has 1 N–H and O–H groups in total. The van der Waals surface area contributed by atoms with Gasteiger partial charge in [0.2, 0.25) is 0 Å². The first-order chi connectivity index (χ1) is 14.1. The van der Waals surface area contributed by atoms with Crippen LogP contribution in [0.5, 0.6) is 0 Å². The van der Waals surface area contributed by atoms with Crippen LogP contribution in [0.15, 0.2) is 42.6 Å². The predicted octanol–water partition coefficient (Wildman–Crippen LogP) is 2.59. The van der Waals surface area contributed by atoms with Crippen LogP contribution in [0.1, 0.15) is 27.3 Å². The molecule has 1 amide bonds. The Morgan fingerprint density at radius 2 is 2.07 bits per heavy atom. The highest BCUT2D eigenvalue weighted by atomic mass is 19.1. The number of hydrogen-bond acceptors (Lipinski definition) is 4. The van der Waals surface area contributed by atoms with Gasteiger partial charge in [-0.1, -0.05) is 18.2 Å². The summed E-state index contributed by atoms with van der Waals surface area (Å²) in [4.78, 5) is 19.6. The molecule has 29 heavy (non-hydrogen) atoms. The Bertz CT molecular complexity index is 1010. The molecule has 1 aliphatic rings. The molecule has 0 spiro atoms. The van der Waals surface area contributed by atoms with Crippen LogP contribution in [-0.4, -0.2) is 53.0 Å². The van der Waals surface area contributed by atoms with Crippen LogP contribution in [0.3, 0.4) is 0 Å². The average Bonchev–Trinajstić information content (AvgIpc) is 3.11. The van der Waals surface area contributed by atoms with Crippen LogP contribution in [0.2, 0.25) is 0 Å². The van der Waals surface area contributed by atoms with Crippen molar-refractivity contribution < 1.29 is 13.9 Å². The number of imidazole rings is 1. The van der Waals surface area contributed by atoms with Gasteiger partial charge in [0.25, 0.3) is 5.91 Å². The predicted molar refractivity (Wildman–Crippen MR) is 108 cm³/mol. The maximum atomic E-state index is 13.3. The van der Waals surface area contributed by atoms with E-state index < -0.39 is 0 Å². The Morgan fingerprint density at radius 3 is 2.86 bits per heavy atom. The lowest BCUT2D eigenvalue weighted by Gasteiger charge is -2.26. The quantitative estimate of drug-likeness (QED) is 0.651. The van der Waals surface area contributed by atoms with Gasteiger partial charge in [-0.25, -0.2) is 9.37 Å². The fraction of sp³-hybridized carbons (Fsp3) is 0.364. The molecular weight excluding hydrogens is 371 g/mol. The lowest BCUT2D eigenvalue weighted by molar-refractivity contribution is 0.0298. The van der Waals surface area contributed by atoms with E-state index in [1.165, 1.54) is 6.07 Å². The van der Waals surface area contributed by atoms with Gasteiger partial charge < -0.3 is 19.4 Å². The number of ether oxygens (including phenoxy) is 1. The number of halogens is 1. The van der Waals surface area contributed by atoms with E-state index in [-0.39, 0.29) is 11.7 Å². The van der Waals surface area contributed by atoms with E-state index in [1.54, 1.807) is 17.0 Å². The second-order valence-electron chi connectivity index (χ2n) is 7.25. The third kappa shape index (κ3) is 4.31. The third-order valence-corrected chi connectivity index (χ3v) is 5.22. The van der Waals surface area contributed by atoms with Gasteiger partial charge in [-0.3, -0.25) is 4.79 Å². The molecule has 0 unspecified atom stereocenters. The Labute approximate surface area is 169 Å². The second kappa shape index (κ2) is 8.71. The minimum Gasteiger partial charge on any atom is -0.378 e. The highest BCUT2D eigenvalue weighted by molar-refractivity contribution is 5.94. The number of pyridine rings is 1. The monoisotopic (exact) mass is 396 g/mol. The van der Waals surface area contributed by atoms with Crippen molar-refractivity contribution in [1.82, 2.24) is 19.6 Å². The van der Waals surface area contributed by atoms with Crippen molar-refractivity contribution in [1.29, 1.82) is 0 Å². The summed E-state index contributed by atoms with van der Waals surface area (Å²) in [6.45, 7) is 5.44. The number of nitrogens with one attached hydrogen (secondary N) is 1. The zero-order valence-corrected chi connectivity index (χ0v) is 16.5. The summed E-state index contributed by atoms with van der Waals surface area (Å²) >= 11 is 0. The number of morpholine rings is 1. The van der Waals surface area contributed by atoms with Gasteiger partial charge in [0.1, 0.15) is 11.5 Å². The zero-order chi connectivity index (χ0) is 20.2. The second-order valence-corrected chi connectivity index (χ2v) is 7.25. The molecule has 1 saturated heterocycles. The van der Waals surface area contributed by atoms with Gasteiger partial charge in [0.15, 0.2) is 5.69 Å². The Hall–Kier alpha value is -2.77. The summed E-state index contributed by atoms with van der Waals surface area (Å²) in [5.74, 6) is -0.281. The standard InChI is InChI=1S/C22H25FN4O2/c1-16-4-3-9-27-19(15-24-8-7-17-5-2-6-18(23)14-17)20(25-21(16)27)22(28)26-10-12-29-13-11-26/h2-6,9,14,24H,7-8,10-13,15H2,1H3. The Morgan fingerprint density at radius 1 is 1.24 bits per heavy atom. The molecule has 1 aliphatic heterocycles. The first-order valence-corrected chi connectivity index (χ1v) is 9.92. The van der Waals surface area contributed by atoms with Crippen LogP contribution in [0, 0.1) is 12.7 Å². The van der Waals surface area contributed by atoms with Crippen molar-refractivity contribution in [2.75, 3.05) is 32.8 Å². The summed E-state index contributed by atoms with van der Waals surface area (Å²) in [5.41, 5.74) is 4.09. The molecular formula is C22H25FN4O2. The van der Waals surface area contributed by atoms with Gasteiger partial charge in [0, 0.05) is 25.8 Å². The number of amides is 1. The number of fused-ring (bicyclic) bond motifs is 1. The topological polar surface area (TPSA) is 58.9 Å². The molecule has 1 aromatic carbocycles. The molecule has 7 heteroatoms. The van der Waals surface area contributed by atoms with E-state index in [0.717, 1.165) is 22.5 Å². The number of carbonyl (C=O) groups excluding carboxylic acids is 1. The van der Waals surface area contributed by atoms with Crippen molar-refractivity contribution in [3.63, 3.8) is 0 Å². The highest BCUT2D eigenvalue weighted by Crippen LogP contribution is 2.18. The minimum atomic E-state index is -0.224. The Balaban J connectivity index is 1.53. The average molecular weight is 396 g/mol. The number of carbonyl (C=O) groups is 1. The van der Waals surface area contributed by atoms with E-state index in [4.69, 9.17) is 4.74 Å². The van der Waals surface area contributed by atoms with Crippen LogP contribution in [0.25, 0.3) is 5.65 Å². The van der Waals surface area contributed by atoms with Gasteiger partial charge in [-0.2, -0.15) is 0 Å². The number of nitrogens with zero attached hydrogens (tertiary/aromatic N) is 3. The summed E-state index contributed by atoms with van der Waals surface area (Å²) < 4.78 is 20.7. The van der Waals surface area contributed by atoms with E-state index in [2.05, 4.69) is 10.3 Å². The number of rotatable bonds is 6. The van der Waals surface area contributed by atoms with Crippen LogP contribution >= 0.6 is 0 Å². The normalized spacial score (nSPS) is 14.5. The van der Waals surface area contributed by atoms with Crippen molar-refractivity contribution in [3.05, 3.63) is 70.9 Å². The molecule has 0 bridgehead atoms. The largest absolute Gasteiger partial charge is 0.378 e. The van der Waals surface area contributed by atoms with E-state index in [9.17, 15) is 9.18 Å². The third-order valence-electron chi connectivity index (χ3n) is 5.22. The number of aromatic nitrogens is 2. The molecule has 3 aromatic rings. The lowest BCUT2D eigenvalue weighted by atomic mass is 10.1.